The third kappa shape index (κ3) is 3.19. The number of nitrogens with zero attached hydrogens (tertiary/aromatic N) is 2. The minimum atomic E-state index is -2.71. The predicted octanol–water partition coefficient (Wildman–Crippen LogP) is -0.917. The van der Waals surface area contributed by atoms with Gasteiger partial charge in [-0.3, -0.25) is 9.88 Å². The fourth-order valence-electron chi connectivity index (χ4n) is 1.24. The summed E-state index contributed by atoms with van der Waals surface area (Å²) in [4.78, 5) is 3.72. The third-order valence-electron chi connectivity index (χ3n) is 2.49. The molecule has 0 unspecified atom stereocenters. The number of aliphatic hydroxyl groups is 3. The van der Waals surface area contributed by atoms with Gasteiger partial charge in [0.25, 0.3) is 0 Å². The summed E-state index contributed by atoms with van der Waals surface area (Å²) in [5.41, 5.74) is -1.31. The lowest BCUT2D eigenvalue weighted by Gasteiger charge is -2.28. The van der Waals surface area contributed by atoms with Crippen LogP contribution in [0.25, 0.3) is 0 Å². The lowest BCUT2D eigenvalue weighted by atomic mass is 10.0. The molecule has 1 heterocycles. The molecule has 0 radical (unpaired) electrons. The first kappa shape index (κ1) is 14.0. The maximum atomic E-state index is 12.5. The van der Waals surface area contributed by atoms with E-state index >= 15 is 0 Å². The number of nitrogens with one attached hydrogen (secondary N) is 1. The number of hydrogen-bond donors (Lipinski definition) is 4. The van der Waals surface area contributed by atoms with Crippen molar-refractivity contribution in [3.05, 3.63) is 18.2 Å². The highest BCUT2D eigenvalue weighted by Crippen LogP contribution is 2.13. The number of hydrogen-bond acceptors (Lipinski definition) is 5. The molecular weight excluding hydrogens is 236 g/mol. The Hall–Kier alpha value is -1.09. The van der Waals surface area contributed by atoms with Crippen LogP contribution in [0.5, 0.6) is 0 Å². The minimum Gasteiger partial charge on any atom is -0.394 e. The molecule has 0 fully saturated rings. The fraction of sp³-hybridized carbons (Fsp3) is 0.667. The van der Waals surface area contributed by atoms with Crippen LogP contribution in [0.4, 0.5) is 8.78 Å². The van der Waals surface area contributed by atoms with Gasteiger partial charge in [0.15, 0.2) is 0 Å². The Morgan fingerprint density at radius 1 is 1.29 bits per heavy atom. The van der Waals surface area contributed by atoms with E-state index in [-0.39, 0.29) is 12.4 Å². The number of imidazole rings is 1. The van der Waals surface area contributed by atoms with Crippen LogP contribution in [0.15, 0.2) is 12.4 Å². The van der Waals surface area contributed by atoms with Gasteiger partial charge in [0, 0.05) is 12.4 Å². The minimum absolute atomic E-state index is 0.0553. The molecule has 4 N–H and O–H groups in total. The fourth-order valence-corrected chi connectivity index (χ4v) is 1.24. The van der Waals surface area contributed by atoms with E-state index in [0.29, 0.717) is 4.57 Å². The van der Waals surface area contributed by atoms with Gasteiger partial charge >= 0.3 is 6.55 Å². The third-order valence-corrected chi connectivity index (χ3v) is 2.49. The molecule has 1 aromatic heterocycles. The zero-order chi connectivity index (χ0) is 12.9. The van der Waals surface area contributed by atoms with Crippen molar-refractivity contribution in [2.24, 2.45) is 0 Å². The van der Waals surface area contributed by atoms with Gasteiger partial charge in [-0.1, -0.05) is 0 Å². The van der Waals surface area contributed by atoms with Gasteiger partial charge in [-0.15, -0.1) is 0 Å². The van der Waals surface area contributed by atoms with Crippen LogP contribution in [0, 0.1) is 0 Å². The number of aliphatic hydroxyl groups excluding tert-OH is 3. The highest BCUT2D eigenvalue weighted by molar-refractivity contribution is 4.95. The summed E-state index contributed by atoms with van der Waals surface area (Å²) < 4.78 is 25.6. The molecule has 0 saturated carbocycles. The van der Waals surface area contributed by atoms with E-state index in [1.165, 1.54) is 6.20 Å². The zero-order valence-electron chi connectivity index (χ0n) is 9.05. The first-order valence-electron chi connectivity index (χ1n) is 4.96. The Kier molecular flexibility index (Phi) is 4.94. The van der Waals surface area contributed by atoms with Crippen LogP contribution < -0.4 is 5.32 Å². The molecule has 0 aliphatic carbocycles. The number of alkyl halides is 2. The van der Waals surface area contributed by atoms with Crippen molar-refractivity contribution < 1.29 is 24.1 Å². The van der Waals surface area contributed by atoms with Crippen molar-refractivity contribution >= 4 is 0 Å². The van der Waals surface area contributed by atoms with Gasteiger partial charge in [-0.2, -0.15) is 8.78 Å². The molecule has 6 nitrogen and oxygen atoms in total. The number of halogens is 2. The zero-order valence-corrected chi connectivity index (χ0v) is 9.05. The summed E-state index contributed by atoms with van der Waals surface area (Å²) in [7, 11) is 0. The molecule has 0 spiro atoms. The van der Waals surface area contributed by atoms with Gasteiger partial charge in [0.2, 0.25) is 0 Å². The molecule has 0 aliphatic rings. The molecule has 0 saturated heterocycles. The maximum Gasteiger partial charge on any atom is 0.319 e. The van der Waals surface area contributed by atoms with Crippen molar-refractivity contribution in [3.8, 4) is 0 Å². The predicted molar refractivity (Wildman–Crippen MR) is 54.3 cm³/mol. The van der Waals surface area contributed by atoms with Crippen LogP contribution >= 0.6 is 0 Å². The molecule has 0 aromatic carbocycles. The summed E-state index contributed by atoms with van der Waals surface area (Å²) in [5, 5.41) is 29.7. The molecule has 0 bridgehead atoms. The second-order valence-corrected chi connectivity index (χ2v) is 3.64. The van der Waals surface area contributed by atoms with Crippen LogP contribution in [0.1, 0.15) is 12.4 Å². The highest BCUT2D eigenvalue weighted by Gasteiger charge is 2.28. The van der Waals surface area contributed by atoms with Crippen molar-refractivity contribution in [3.63, 3.8) is 0 Å². The Morgan fingerprint density at radius 3 is 2.35 bits per heavy atom. The van der Waals surface area contributed by atoms with Gasteiger partial charge in [0.05, 0.1) is 31.9 Å². The van der Waals surface area contributed by atoms with E-state index in [4.69, 9.17) is 15.3 Å². The van der Waals surface area contributed by atoms with E-state index in [1.54, 1.807) is 0 Å². The smallest absolute Gasteiger partial charge is 0.319 e. The van der Waals surface area contributed by atoms with E-state index in [0.717, 1.165) is 6.20 Å². The molecule has 1 aromatic rings. The summed E-state index contributed by atoms with van der Waals surface area (Å²) in [6, 6.07) is 0. The lowest BCUT2D eigenvalue weighted by Crippen LogP contribution is -2.54. The highest BCUT2D eigenvalue weighted by atomic mass is 19.3. The largest absolute Gasteiger partial charge is 0.394 e. The SMILES string of the molecule is OCC(CO)(CO)NCc1nccn1C(F)F. The van der Waals surface area contributed by atoms with Crippen molar-refractivity contribution in [1.29, 1.82) is 0 Å². The molecule has 98 valence electrons. The average molecular weight is 251 g/mol. The topological polar surface area (TPSA) is 90.5 Å². The van der Waals surface area contributed by atoms with E-state index in [1.807, 2.05) is 0 Å². The van der Waals surface area contributed by atoms with Crippen LogP contribution in [-0.2, 0) is 6.54 Å². The molecule has 17 heavy (non-hydrogen) atoms. The van der Waals surface area contributed by atoms with Gasteiger partial charge < -0.3 is 15.3 Å². The van der Waals surface area contributed by atoms with E-state index in [2.05, 4.69) is 10.3 Å². The second kappa shape index (κ2) is 6.01. The van der Waals surface area contributed by atoms with Crippen LogP contribution in [0.3, 0.4) is 0 Å². The quantitative estimate of drug-likeness (QED) is 0.503. The van der Waals surface area contributed by atoms with Crippen molar-refractivity contribution in [1.82, 2.24) is 14.9 Å². The molecule has 1 rings (SSSR count). The Balaban J connectivity index is 2.69. The van der Waals surface area contributed by atoms with Crippen LogP contribution in [0.2, 0.25) is 0 Å². The normalized spacial score (nSPS) is 12.4. The molecule has 0 amide bonds. The number of rotatable bonds is 7. The summed E-state index contributed by atoms with van der Waals surface area (Å²) in [5.74, 6) is 0.0553. The molecule has 0 aliphatic heterocycles. The first-order valence-corrected chi connectivity index (χ1v) is 4.96. The summed E-state index contributed by atoms with van der Waals surface area (Å²) in [6.07, 6.45) is 2.35. The van der Waals surface area contributed by atoms with Crippen molar-refractivity contribution in [2.75, 3.05) is 19.8 Å². The van der Waals surface area contributed by atoms with E-state index < -0.39 is 31.9 Å². The van der Waals surface area contributed by atoms with Gasteiger partial charge in [-0.05, 0) is 0 Å². The van der Waals surface area contributed by atoms with Gasteiger partial charge in [-0.25, -0.2) is 4.98 Å². The second-order valence-electron chi connectivity index (χ2n) is 3.64. The molecule has 0 atom stereocenters. The summed E-state index contributed by atoms with van der Waals surface area (Å²) >= 11 is 0. The maximum absolute atomic E-state index is 12.5. The summed E-state index contributed by atoms with van der Waals surface area (Å²) in [6.45, 7) is -4.36. The number of aromatic nitrogens is 2. The van der Waals surface area contributed by atoms with Crippen molar-refractivity contribution in [2.45, 2.75) is 18.6 Å². The standard InChI is InChI=1S/C9H15F2N3O3/c10-8(11)14-2-1-12-7(14)3-13-9(4-15,5-16)6-17/h1-2,8,13,15-17H,3-6H2. The Labute approximate surface area is 96.5 Å². The van der Waals surface area contributed by atoms with Crippen LogP contribution in [-0.4, -0.2) is 50.2 Å². The Morgan fingerprint density at radius 2 is 1.88 bits per heavy atom. The van der Waals surface area contributed by atoms with Gasteiger partial charge in [0.1, 0.15) is 5.82 Å². The first-order chi connectivity index (χ1) is 8.08. The molecular formula is C9H15F2N3O3. The lowest BCUT2D eigenvalue weighted by molar-refractivity contribution is 0.0377. The molecule has 8 heteroatoms. The monoisotopic (exact) mass is 251 g/mol. The Bertz CT molecular complexity index is 334. The average Bonchev–Trinajstić information content (AvgIpc) is 2.80. The van der Waals surface area contributed by atoms with E-state index in [9.17, 15) is 8.78 Å².